The molecule has 6 nitrogen and oxygen atoms in total. The van der Waals surface area contributed by atoms with Crippen molar-refractivity contribution in [1.82, 2.24) is 0 Å². The van der Waals surface area contributed by atoms with Crippen molar-refractivity contribution in [2.45, 2.75) is 26.3 Å². The maximum Gasteiger partial charge on any atom is 0.323 e. The van der Waals surface area contributed by atoms with Crippen molar-refractivity contribution < 1.29 is 14.8 Å². The lowest BCUT2D eigenvalue weighted by Gasteiger charge is -2.28. The molecule has 0 saturated heterocycles. The normalized spacial score (nSPS) is 11.9. The third-order valence-electron chi connectivity index (χ3n) is 2.82. The molecule has 1 unspecified atom stereocenters. The van der Waals surface area contributed by atoms with E-state index in [1.54, 1.807) is 17.0 Å². The van der Waals surface area contributed by atoms with Crippen molar-refractivity contribution in [2.75, 3.05) is 11.4 Å². The second-order valence-corrected chi connectivity index (χ2v) is 4.05. The quantitative estimate of drug-likeness (QED) is 0.620. The van der Waals surface area contributed by atoms with E-state index >= 15 is 0 Å². The van der Waals surface area contributed by atoms with Crippen molar-refractivity contribution in [2.24, 2.45) is 0 Å². The Morgan fingerprint density at radius 1 is 1.44 bits per heavy atom. The second-order valence-electron chi connectivity index (χ2n) is 4.05. The predicted molar refractivity (Wildman–Crippen MR) is 67.8 cm³/mol. The Balaban J connectivity index is 2.97. The molecule has 0 aliphatic carbocycles. The minimum absolute atomic E-state index is 0.00169. The maximum absolute atomic E-state index is 10.8. The van der Waals surface area contributed by atoms with Gasteiger partial charge in [-0.25, -0.2) is 0 Å². The van der Waals surface area contributed by atoms with Crippen LogP contribution in [0, 0.1) is 10.1 Å². The first-order valence-corrected chi connectivity index (χ1v) is 5.68. The van der Waals surface area contributed by atoms with Gasteiger partial charge in [-0.3, -0.25) is 14.9 Å². The summed E-state index contributed by atoms with van der Waals surface area (Å²) in [6, 6.07) is 5.97. The number of nitrogens with zero attached hydrogens (tertiary/aromatic N) is 2. The Morgan fingerprint density at radius 3 is 2.39 bits per heavy atom. The summed E-state index contributed by atoms with van der Waals surface area (Å²) in [5.41, 5.74) is 0.676. The number of hydrogen-bond donors (Lipinski definition) is 1. The fourth-order valence-corrected chi connectivity index (χ4v) is 1.63. The molecule has 6 heteroatoms. The van der Waals surface area contributed by atoms with Gasteiger partial charge < -0.3 is 10.0 Å². The number of carbonyl (C=O) groups is 1. The third-order valence-corrected chi connectivity index (χ3v) is 2.82. The van der Waals surface area contributed by atoms with Gasteiger partial charge in [0.2, 0.25) is 0 Å². The Kier molecular flexibility index (Phi) is 4.65. The molecule has 0 saturated carbocycles. The number of nitro benzene ring substituents is 1. The molecule has 0 aromatic heterocycles. The number of rotatable bonds is 6. The fraction of sp³-hybridized carbons (Fsp3) is 0.417. The Morgan fingerprint density at radius 2 is 2.00 bits per heavy atom. The molecule has 18 heavy (non-hydrogen) atoms. The van der Waals surface area contributed by atoms with Crippen molar-refractivity contribution in [3.8, 4) is 0 Å². The van der Waals surface area contributed by atoms with Crippen LogP contribution in [-0.4, -0.2) is 28.6 Å². The maximum atomic E-state index is 10.8. The van der Waals surface area contributed by atoms with E-state index in [1.165, 1.54) is 12.1 Å². The van der Waals surface area contributed by atoms with E-state index in [1.807, 2.05) is 13.8 Å². The van der Waals surface area contributed by atoms with Gasteiger partial charge in [-0.05, 0) is 25.5 Å². The highest BCUT2D eigenvalue weighted by Crippen LogP contribution is 2.21. The SMILES string of the molecule is CCC(C)N(CC(=O)O)c1ccc([N+](=O)[O-])cc1. The van der Waals surface area contributed by atoms with Crippen molar-refractivity contribution in [3.05, 3.63) is 34.4 Å². The van der Waals surface area contributed by atoms with Crippen LogP contribution < -0.4 is 4.90 Å². The lowest BCUT2D eigenvalue weighted by molar-refractivity contribution is -0.384. The molecule has 1 atom stereocenters. The highest BCUT2D eigenvalue weighted by Gasteiger charge is 2.17. The van der Waals surface area contributed by atoms with Gasteiger partial charge in [0, 0.05) is 23.9 Å². The van der Waals surface area contributed by atoms with Crippen molar-refractivity contribution in [1.29, 1.82) is 0 Å². The minimum atomic E-state index is -0.923. The molecular formula is C12H16N2O4. The number of carboxylic acid groups (broad SMARTS) is 1. The molecule has 1 aromatic rings. The molecule has 0 aliphatic rings. The summed E-state index contributed by atoms with van der Waals surface area (Å²) >= 11 is 0. The Labute approximate surface area is 105 Å². The predicted octanol–water partition coefficient (Wildman–Crippen LogP) is 2.28. The van der Waals surface area contributed by atoms with Gasteiger partial charge in [-0.1, -0.05) is 6.92 Å². The van der Waals surface area contributed by atoms with Gasteiger partial charge in [-0.15, -0.1) is 0 Å². The zero-order valence-corrected chi connectivity index (χ0v) is 10.4. The summed E-state index contributed by atoms with van der Waals surface area (Å²) in [5, 5.41) is 19.4. The number of hydrogen-bond acceptors (Lipinski definition) is 4. The van der Waals surface area contributed by atoms with Gasteiger partial charge in [0.1, 0.15) is 6.54 Å². The van der Waals surface area contributed by atoms with E-state index in [2.05, 4.69) is 0 Å². The summed E-state index contributed by atoms with van der Waals surface area (Å²) in [6.07, 6.45) is 0.796. The van der Waals surface area contributed by atoms with Crippen molar-refractivity contribution in [3.63, 3.8) is 0 Å². The zero-order chi connectivity index (χ0) is 13.7. The molecule has 98 valence electrons. The van der Waals surface area contributed by atoms with Crippen LogP contribution in [-0.2, 0) is 4.79 Å². The fourth-order valence-electron chi connectivity index (χ4n) is 1.63. The van der Waals surface area contributed by atoms with Crippen LogP contribution in [0.25, 0.3) is 0 Å². The molecular weight excluding hydrogens is 236 g/mol. The van der Waals surface area contributed by atoms with E-state index in [0.29, 0.717) is 5.69 Å². The van der Waals surface area contributed by atoms with Gasteiger partial charge in [-0.2, -0.15) is 0 Å². The molecule has 0 fully saturated rings. The molecule has 1 aromatic carbocycles. The standard InChI is InChI=1S/C12H16N2O4/c1-3-9(2)13(8-12(15)16)10-4-6-11(7-5-10)14(17)18/h4-7,9H,3,8H2,1-2H3,(H,15,16). The lowest BCUT2D eigenvalue weighted by Crippen LogP contribution is -2.37. The molecule has 0 heterocycles. The summed E-state index contributed by atoms with van der Waals surface area (Å²) in [6.45, 7) is 3.77. The van der Waals surface area contributed by atoms with Gasteiger partial charge in [0.25, 0.3) is 5.69 Å². The number of non-ortho nitro benzene ring substituents is 1. The molecule has 0 amide bonds. The van der Waals surface area contributed by atoms with Crippen LogP contribution in [0.2, 0.25) is 0 Å². The first-order valence-electron chi connectivity index (χ1n) is 5.68. The summed E-state index contributed by atoms with van der Waals surface area (Å²) in [4.78, 5) is 22.6. The molecule has 1 N–H and O–H groups in total. The van der Waals surface area contributed by atoms with Gasteiger partial charge >= 0.3 is 5.97 Å². The molecule has 0 aliphatic heterocycles. The van der Waals surface area contributed by atoms with E-state index in [4.69, 9.17) is 5.11 Å². The van der Waals surface area contributed by atoms with E-state index < -0.39 is 10.9 Å². The average molecular weight is 252 g/mol. The van der Waals surface area contributed by atoms with Crippen LogP contribution in [0.3, 0.4) is 0 Å². The molecule has 0 bridgehead atoms. The largest absolute Gasteiger partial charge is 0.480 e. The van der Waals surface area contributed by atoms with E-state index in [-0.39, 0.29) is 18.3 Å². The zero-order valence-electron chi connectivity index (χ0n) is 10.4. The highest BCUT2D eigenvalue weighted by atomic mass is 16.6. The summed E-state index contributed by atoms with van der Waals surface area (Å²) in [7, 11) is 0. The summed E-state index contributed by atoms with van der Waals surface area (Å²) < 4.78 is 0. The number of nitro groups is 1. The first kappa shape index (κ1) is 14.0. The minimum Gasteiger partial charge on any atom is -0.480 e. The van der Waals surface area contributed by atoms with Crippen LogP contribution in [0.5, 0.6) is 0 Å². The first-order chi connectivity index (χ1) is 8.45. The molecule has 1 rings (SSSR count). The van der Waals surface area contributed by atoms with Gasteiger partial charge in [0.15, 0.2) is 0 Å². The molecule has 0 radical (unpaired) electrons. The smallest absolute Gasteiger partial charge is 0.323 e. The number of carboxylic acids is 1. The summed E-state index contributed by atoms with van der Waals surface area (Å²) in [5.74, 6) is -0.923. The van der Waals surface area contributed by atoms with Crippen LogP contribution in [0.1, 0.15) is 20.3 Å². The third kappa shape index (κ3) is 3.44. The van der Waals surface area contributed by atoms with Crippen LogP contribution >= 0.6 is 0 Å². The van der Waals surface area contributed by atoms with E-state index in [9.17, 15) is 14.9 Å². The lowest BCUT2D eigenvalue weighted by atomic mass is 10.1. The van der Waals surface area contributed by atoms with E-state index in [0.717, 1.165) is 6.42 Å². The second kappa shape index (κ2) is 6.00. The average Bonchev–Trinajstić information content (AvgIpc) is 2.35. The number of anilines is 1. The topological polar surface area (TPSA) is 83.7 Å². The number of aliphatic carboxylic acids is 1. The van der Waals surface area contributed by atoms with Crippen LogP contribution in [0.15, 0.2) is 24.3 Å². The highest BCUT2D eigenvalue weighted by molar-refractivity contribution is 5.74. The monoisotopic (exact) mass is 252 g/mol. The van der Waals surface area contributed by atoms with Crippen LogP contribution in [0.4, 0.5) is 11.4 Å². The number of benzene rings is 1. The Bertz CT molecular complexity index is 430. The Hall–Kier alpha value is -2.11. The van der Waals surface area contributed by atoms with Gasteiger partial charge in [0.05, 0.1) is 4.92 Å². The molecule has 0 spiro atoms. The van der Waals surface area contributed by atoms with Crippen molar-refractivity contribution >= 4 is 17.3 Å².